The van der Waals surface area contributed by atoms with E-state index < -0.39 is 5.97 Å². The molecule has 2 N–H and O–H groups in total. The maximum Gasteiger partial charge on any atom is 0.303 e. The first-order valence-electron chi connectivity index (χ1n) is 8.01. The van der Waals surface area contributed by atoms with Crippen molar-refractivity contribution in [1.29, 1.82) is 0 Å². The summed E-state index contributed by atoms with van der Waals surface area (Å²) >= 11 is 0. The highest BCUT2D eigenvalue weighted by Crippen LogP contribution is 2.04. The summed E-state index contributed by atoms with van der Waals surface area (Å²) in [5, 5.41) is 16.7. The second-order valence-electron chi connectivity index (χ2n) is 5.05. The molecule has 0 spiro atoms. The normalized spacial score (nSPS) is 9.84. The number of aliphatic hydroxyl groups excluding tert-OH is 1. The lowest BCUT2D eigenvalue weighted by Crippen LogP contribution is -1.93. The SMILES string of the molecule is CCCCCCCC(=O)O.CCCCCCCCO. The number of carboxylic acid groups (broad SMARTS) is 1. The van der Waals surface area contributed by atoms with Crippen LogP contribution in [-0.4, -0.2) is 22.8 Å². The lowest BCUT2D eigenvalue weighted by molar-refractivity contribution is -0.137. The van der Waals surface area contributed by atoms with E-state index >= 15 is 0 Å². The summed E-state index contributed by atoms with van der Waals surface area (Å²) in [6.45, 7) is 4.73. The maximum atomic E-state index is 10.0. The molecule has 0 bridgehead atoms. The minimum atomic E-state index is -0.670. The van der Waals surface area contributed by atoms with Crippen molar-refractivity contribution in [2.75, 3.05) is 6.61 Å². The number of carbonyl (C=O) groups is 1. The van der Waals surface area contributed by atoms with E-state index in [2.05, 4.69) is 13.8 Å². The van der Waals surface area contributed by atoms with Crippen LogP contribution in [0.1, 0.15) is 90.9 Å². The fraction of sp³-hybridized carbons (Fsp3) is 0.938. The Morgan fingerprint density at radius 3 is 1.58 bits per heavy atom. The van der Waals surface area contributed by atoms with Crippen molar-refractivity contribution < 1.29 is 15.0 Å². The molecule has 0 radical (unpaired) electrons. The minimum absolute atomic E-state index is 0.337. The van der Waals surface area contributed by atoms with Gasteiger partial charge in [0, 0.05) is 13.0 Å². The third-order valence-electron chi connectivity index (χ3n) is 3.01. The number of hydrogen-bond donors (Lipinski definition) is 2. The molecule has 0 unspecified atom stereocenters. The molecule has 0 saturated heterocycles. The first kappa shape index (κ1) is 20.7. The van der Waals surface area contributed by atoms with Crippen LogP contribution in [0.5, 0.6) is 0 Å². The average Bonchev–Trinajstić information content (AvgIpc) is 2.39. The number of aliphatic hydroxyl groups is 1. The van der Waals surface area contributed by atoms with Gasteiger partial charge in [-0.15, -0.1) is 0 Å². The van der Waals surface area contributed by atoms with Crippen molar-refractivity contribution in [2.45, 2.75) is 90.9 Å². The molecule has 0 atom stereocenters. The highest BCUT2D eigenvalue weighted by Gasteiger charge is 1.94. The summed E-state index contributed by atoms with van der Waals surface area (Å²) < 4.78 is 0. The molecule has 0 aromatic rings. The fourth-order valence-electron chi connectivity index (χ4n) is 1.77. The van der Waals surface area contributed by atoms with E-state index in [0.29, 0.717) is 13.0 Å². The van der Waals surface area contributed by atoms with Gasteiger partial charge in [0.25, 0.3) is 0 Å². The number of unbranched alkanes of at least 4 members (excludes halogenated alkanes) is 9. The largest absolute Gasteiger partial charge is 0.481 e. The smallest absolute Gasteiger partial charge is 0.303 e. The van der Waals surface area contributed by atoms with Crippen LogP contribution in [0.15, 0.2) is 0 Å². The second kappa shape index (κ2) is 19.8. The van der Waals surface area contributed by atoms with Gasteiger partial charge >= 0.3 is 5.97 Å². The summed E-state index contributed by atoms with van der Waals surface area (Å²) in [4.78, 5) is 10.0. The molecular formula is C16H34O3. The van der Waals surface area contributed by atoms with E-state index in [-0.39, 0.29) is 0 Å². The Hall–Kier alpha value is -0.570. The number of aliphatic carboxylic acids is 1. The van der Waals surface area contributed by atoms with Crippen molar-refractivity contribution in [2.24, 2.45) is 0 Å². The van der Waals surface area contributed by atoms with Crippen LogP contribution >= 0.6 is 0 Å². The van der Waals surface area contributed by atoms with Gasteiger partial charge in [0.1, 0.15) is 0 Å². The van der Waals surface area contributed by atoms with Gasteiger partial charge in [-0.1, -0.05) is 71.6 Å². The zero-order chi connectivity index (χ0) is 14.8. The zero-order valence-electron chi connectivity index (χ0n) is 13.0. The Morgan fingerprint density at radius 1 is 0.737 bits per heavy atom. The molecule has 0 saturated carbocycles. The van der Waals surface area contributed by atoms with Crippen molar-refractivity contribution in [3.05, 3.63) is 0 Å². The van der Waals surface area contributed by atoms with Crippen molar-refractivity contribution in [3.63, 3.8) is 0 Å². The van der Waals surface area contributed by atoms with Gasteiger partial charge in [0.2, 0.25) is 0 Å². The van der Waals surface area contributed by atoms with Gasteiger partial charge in [0.05, 0.1) is 0 Å². The second-order valence-corrected chi connectivity index (χ2v) is 5.05. The molecule has 0 aromatic carbocycles. The summed E-state index contributed by atoms with van der Waals surface area (Å²) in [6.07, 6.45) is 13.4. The Labute approximate surface area is 119 Å². The molecule has 3 nitrogen and oxygen atoms in total. The van der Waals surface area contributed by atoms with Crippen LogP contribution in [0, 0.1) is 0 Å². The van der Waals surface area contributed by atoms with E-state index in [1.54, 1.807) is 0 Å². The maximum absolute atomic E-state index is 10.0. The van der Waals surface area contributed by atoms with E-state index in [0.717, 1.165) is 19.3 Å². The monoisotopic (exact) mass is 274 g/mol. The first-order chi connectivity index (χ1) is 9.18. The van der Waals surface area contributed by atoms with Gasteiger partial charge in [-0.2, -0.15) is 0 Å². The van der Waals surface area contributed by atoms with Gasteiger partial charge < -0.3 is 10.2 Å². The zero-order valence-corrected chi connectivity index (χ0v) is 13.0. The van der Waals surface area contributed by atoms with E-state index in [1.165, 1.54) is 51.4 Å². The summed E-state index contributed by atoms with van der Waals surface area (Å²) in [5.74, 6) is -0.670. The number of hydrogen-bond acceptors (Lipinski definition) is 2. The van der Waals surface area contributed by atoms with Crippen LogP contribution in [-0.2, 0) is 4.79 Å². The number of carboxylic acids is 1. The van der Waals surface area contributed by atoms with E-state index in [1.807, 2.05) is 0 Å². The molecule has 0 heterocycles. The van der Waals surface area contributed by atoms with Crippen molar-refractivity contribution >= 4 is 5.97 Å². The topological polar surface area (TPSA) is 57.5 Å². The van der Waals surface area contributed by atoms with Crippen LogP contribution in [0.2, 0.25) is 0 Å². The van der Waals surface area contributed by atoms with Crippen LogP contribution in [0.4, 0.5) is 0 Å². The molecule has 0 rings (SSSR count). The predicted molar refractivity (Wildman–Crippen MR) is 81.5 cm³/mol. The predicted octanol–water partition coefficient (Wildman–Crippen LogP) is 4.77. The molecule has 3 heteroatoms. The molecule has 19 heavy (non-hydrogen) atoms. The average molecular weight is 274 g/mol. The van der Waals surface area contributed by atoms with Crippen molar-refractivity contribution in [3.8, 4) is 0 Å². The molecule has 0 aliphatic heterocycles. The van der Waals surface area contributed by atoms with Gasteiger partial charge in [-0.25, -0.2) is 0 Å². The van der Waals surface area contributed by atoms with Crippen LogP contribution in [0.3, 0.4) is 0 Å². The first-order valence-corrected chi connectivity index (χ1v) is 8.01. The van der Waals surface area contributed by atoms with E-state index in [4.69, 9.17) is 10.2 Å². The lowest BCUT2D eigenvalue weighted by atomic mass is 10.1. The Kier molecular flexibility index (Phi) is 21.6. The van der Waals surface area contributed by atoms with Gasteiger partial charge in [-0.05, 0) is 12.8 Å². The molecule has 116 valence electrons. The highest BCUT2D eigenvalue weighted by molar-refractivity contribution is 5.66. The third-order valence-corrected chi connectivity index (χ3v) is 3.01. The molecule has 0 amide bonds. The summed E-state index contributed by atoms with van der Waals surface area (Å²) in [7, 11) is 0. The standard InChI is InChI=1S/C8H16O2.C8H18O/c1-2-3-4-5-6-7-8(9)10;1-2-3-4-5-6-7-8-9/h2-7H2,1H3,(H,9,10);9H,2-8H2,1H3. The lowest BCUT2D eigenvalue weighted by Gasteiger charge is -1.95. The Morgan fingerprint density at radius 2 is 1.16 bits per heavy atom. The van der Waals surface area contributed by atoms with Gasteiger partial charge in [-0.3, -0.25) is 4.79 Å². The minimum Gasteiger partial charge on any atom is -0.481 e. The summed E-state index contributed by atoms with van der Waals surface area (Å²) in [6, 6.07) is 0. The number of rotatable bonds is 12. The Balaban J connectivity index is 0. The molecule has 0 aliphatic rings. The summed E-state index contributed by atoms with van der Waals surface area (Å²) in [5.41, 5.74) is 0. The van der Waals surface area contributed by atoms with Crippen LogP contribution < -0.4 is 0 Å². The Bertz CT molecular complexity index is 163. The van der Waals surface area contributed by atoms with Crippen LogP contribution in [0.25, 0.3) is 0 Å². The quantitative estimate of drug-likeness (QED) is 0.504. The van der Waals surface area contributed by atoms with E-state index in [9.17, 15) is 4.79 Å². The van der Waals surface area contributed by atoms with Crippen molar-refractivity contribution in [1.82, 2.24) is 0 Å². The molecule has 0 aliphatic carbocycles. The highest BCUT2D eigenvalue weighted by atomic mass is 16.4. The third kappa shape index (κ3) is 26.9. The molecule has 0 fully saturated rings. The van der Waals surface area contributed by atoms with Gasteiger partial charge in [0.15, 0.2) is 0 Å². The fourth-order valence-corrected chi connectivity index (χ4v) is 1.77. The molecule has 0 aromatic heterocycles. The molecular weight excluding hydrogens is 240 g/mol.